The average Bonchev–Trinajstić information content (AvgIpc) is 1.58. The van der Waals surface area contributed by atoms with E-state index in [4.69, 9.17) is 14.2 Å². The Bertz CT molecular complexity index is 2960. The summed E-state index contributed by atoms with van der Waals surface area (Å²) in [4.78, 5) is 51.6. The number of rotatable bonds is 60. The number of hydrogen-bond donors (Lipinski definition) is 0. The molecule has 0 saturated carbocycles. The first-order chi connectivity index (χ1) is 48.7. The molecule has 0 unspecified atom stereocenters. The van der Waals surface area contributed by atoms with Crippen molar-refractivity contribution in [1.29, 1.82) is 0 Å². The first-order valence-electron chi connectivity index (χ1n) is 41.3. The summed E-state index contributed by atoms with van der Waals surface area (Å²) in [6, 6.07) is 11.2. The van der Waals surface area contributed by atoms with Crippen LogP contribution in [-0.4, -0.2) is 25.1 Å². The monoisotopic (exact) mass is 1460 g/mol. The molecular weight excluding hydrogens is 1330 g/mol. The lowest BCUT2D eigenvalue weighted by Gasteiger charge is -2.38. The maximum absolute atomic E-state index is 14.5. The van der Waals surface area contributed by atoms with Gasteiger partial charge < -0.3 is 14.2 Å². The molecule has 12 heteroatoms. The van der Waals surface area contributed by atoms with Gasteiger partial charge in [-0.1, -0.05) is 324 Å². The highest BCUT2D eigenvalue weighted by Crippen LogP contribution is 2.62. The number of carbonyl (C=O) groups excluding carboxylic acids is 3. The number of esters is 1. The topological polar surface area (TPSA) is 78.9 Å². The summed E-state index contributed by atoms with van der Waals surface area (Å²) in [5, 5.41) is 1.12. The quantitative estimate of drug-likeness (QED) is 0.0215. The number of unbranched alkanes of at least 4 members (excludes halogenated alkanes) is 45. The Kier molecular flexibility index (Phi) is 38.4. The summed E-state index contributed by atoms with van der Waals surface area (Å²) in [7, 11) is 0. The molecule has 6 aromatic rings. The molecule has 6 aromatic heterocycles. The molecule has 2 aliphatic rings. The largest absolute Gasteiger partial charge is 0.481 e. The van der Waals surface area contributed by atoms with Crippen molar-refractivity contribution >= 4 is 96.6 Å². The molecule has 8 rings (SSSR count). The molecule has 8 heterocycles. The molecule has 2 aliphatic heterocycles. The van der Waals surface area contributed by atoms with Gasteiger partial charge in [-0.3, -0.25) is 9.59 Å². The van der Waals surface area contributed by atoms with Crippen molar-refractivity contribution in [2.45, 2.75) is 393 Å². The van der Waals surface area contributed by atoms with Crippen molar-refractivity contribution in [2.75, 3.05) is 6.61 Å². The van der Waals surface area contributed by atoms with Crippen molar-refractivity contribution in [3.63, 3.8) is 0 Å². The first kappa shape index (κ1) is 81.5. The van der Waals surface area contributed by atoms with Crippen LogP contribution >= 0.6 is 68.0 Å². The second-order valence-corrected chi connectivity index (χ2v) is 36.3. The molecule has 0 aliphatic carbocycles. The minimum atomic E-state index is -0.506. The normalized spacial score (nSPS) is 13.5. The molecular formula is C87H132O6S6. The first-order valence-corrected chi connectivity index (χ1v) is 46.2. The molecule has 0 N–H and O–H groups in total. The highest BCUT2D eigenvalue weighted by atomic mass is 32.1. The van der Waals surface area contributed by atoms with Gasteiger partial charge in [0, 0.05) is 38.4 Å². The predicted molar refractivity (Wildman–Crippen MR) is 436 cm³/mol. The molecule has 0 atom stereocenters. The predicted octanol–water partition coefficient (Wildman–Crippen LogP) is 32.0. The second-order valence-electron chi connectivity index (χ2n) is 30.0. The number of carbonyl (C=O) groups is 3. The van der Waals surface area contributed by atoms with Crippen molar-refractivity contribution in [3.05, 3.63) is 56.1 Å². The van der Waals surface area contributed by atoms with E-state index < -0.39 is 11.2 Å². The van der Waals surface area contributed by atoms with E-state index in [1.165, 1.54) is 323 Å². The molecule has 0 bridgehead atoms. The van der Waals surface area contributed by atoms with Crippen LogP contribution in [0.2, 0.25) is 0 Å². The van der Waals surface area contributed by atoms with Crippen LogP contribution in [0, 0.1) is 0 Å². The Morgan fingerprint density at radius 3 is 0.960 bits per heavy atom. The molecule has 0 amide bonds. The van der Waals surface area contributed by atoms with Gasteiger partial charge >= 0.3 is 5.97 Å². The number of thiophene rings is 6. The van der Waals surface area contributed by atoms with Crippen LogP contribution in [0.5, 0.6) is 11.5 Å². The van der Waals surface area contributed by atoms with Crippen LogP contribution in [0.25, 0.3) is 49.1 Å². The van der Waals surface area contributed by atoms with Crippen LogP contribution in [0.1, 0.15) is 421 Å². The van der Waals surface area contributed by atoms with Crippen LogP contribution in [-0.2, 0) is 15.9 Å². The summed E-state index contributed by atoms with van der Waals surface area (Å²) in [6.45, 7) is 11.9. The molecule has 99 heavy (non-hydrogen) atoms. The van der Waals surface area contributed by atoms with Crippen molar-refractivity contribution < 1.29 is 28.6 Å². The maximum Gasteiger partial charge on any atom is 0.348 e. The summed E-state index contributed by atoms with van der Waals surface area (Å²) in [6.07, 6.45) is 69.7. The third kappa shape index (κ3) is 25.3. The fourth-order valence-corrected chi connectivity index (χ4v) is 23.1. The van der Waals surface area contributed by atoms with Crippen molar-refractivity contribution in [2.24, 2.45) is 0 Å². The van der Waals surface area contributed by atoms with Crippen LogP contribution in [0.15, 0.2) is 30.3 Å². The van der Waals surface area contributed by atoms with E-state index in [0.717, 1.165) is 108 Å². The zero-order chi connectivity index (χ0) is 69.6. The van der Waals surface area contributed by atoms with Crippen LogP contribution in [0.4, 0.5) is 0 Å². The third-order valence-corrected chi connectivity index (χ3v) is 29.1. The average molecular weight is 1470 g/mol. The lowest BCUT2D eigenvalue weighted by atomic mass is 9.81. The molecule has 0 aromatic carbocycles. The van der Waals surface area contributed by atoms with E-state index in [0.29, 0.717) is 21.2 Å². The van der Waals surface area contributed by atoms with E-state index >= 15 is 0 Å². The SMILES string of the molecule is CCCCCCCCCCCCOC(=O)c1cc2c(-c3cc4c(s3)-c3sc(C=O)cc3OC4(CCCCCCCCCCCC)CCCCCCCCCCCC)sc(-c3cc4c(s3)-c3sc(C=O)cc3OC4(CCCCCCCCCCCC)CCCCCCCCCCCC)c2s1. The van der Waals surface area contributed by atoms with Gasteiger partial charge in [0.2, 0.25) is 0 Å². The summed E-state index contributed by atoms with van der Waals surface area (Å²) < 4.78 is 22.5. The summed E-state index contributed by atoms with van der Waals surface area (Å²) >= 11 is 10.4. The highest BCUT2D eigenvalue weighted by molar-refractivity contribution is 7.34. The standard InChI is InChI=1S/C87H132O6S6/c1-6-11-16-21-26-31-36-41-46-51-56-86(57-52-47-42-37-32-27-22-17-12-7-2)71-64-75(96-80(71)82-73(92-86)61-68(66-88)94-82)78-70-63-77(85(90)91-60-55-50-45-40-35-30-25-20-15-10-5)98-79(70)84(99-78)76-65-72-81(97-76)83-74(62-69(67-89)95-83)93-87(72,58-53-48-43-38-33-28-23-18-13-8-3)59-54-49-44-39-34-29-24-19-14-9-4/h61-67H,6-60H2,1-5H3. The second kappa shape index (κ2) is 46.6. The lowest BCUT2D eigenvalue weighted by molar-refractivity contribution is 0.0395. The van der Waals surface area contributed by atoms with Gasteiger partial charge in [-0.25, -0.2) is 4.79 Å². The van der Waals surface area contributed by atoms with Gasteiger partial charge in [-0.05, 0) is 76.0 Å². The van der Waals surface area contributed by atoms with Crippen LogP contribution in [0.3, 0.4) is 0 Å². The molecule has 552 valence electrons. The Labute approximate surface area is 626 Å². The Hall–Kier alpha value is -3.13. The Balaban J connectivity index is 1.15. The van der Waals surface area contributed by atoms with Gasteiger partial charge in [0.1, 0.15) is 27.6 Å². The zero-order valence-electron chi connectivity index (χ0n) is 62.8. The zero-order valence-corrected chi connectivity index (χ0v) is 67.7. The van der Waals surface area contributed by atoms with E-state index in [9.17, 15) is 14.4 Å². The molecule has 0 saturated heterocycles. The van der Waals surface area contributed by atoms with Gasteiger partial charge in [0.15, 0.2) is 12.6 Å². The Morgan fingerprint density at radius 2 is 0.636 bits per heavy atom. The van der Waals surface area contributed by atoms with E-state index in [2.05, 4.69) is 52.8 Å². The number of ether oxygens (including phenoxy) is 3. The molecule has 0 radical (unpaired) electrons. The smallest absolute Gasteiger partial charge is 0.348 e. The minimum absolute atomic E-state index is 0.222. The van der Waals surface area contributed by atoms with Gasteiger partial charge in [0.25, 0.3) is 0 Å². The van der Waals surface area contributed by atoms with E-state index in [1.54, 1.807) is 34.0 Å². The van der Waals surface area contributed by atoms with Gasteiger partial charge in [-0.15, -0.1) is 68.0 Å². The fraction of sp³-hybridized carbons (Fsp3) is 0.713. The lowest BCUT2D eigenvalue weighted by Crippen LogP contribution is -2.35. The van der Waals surface area contributed by atoms with Crippen LogP contribution < -0.4 is 9.47 Å². The van der Waals surface area contributed by atoms with Gasteiger partial charge in [-0.2, -0.15) is 0 Å². The summed E-state index contributed by atoms with van der Waals surface area (Å²) in [5.74, 6) is 1.53. The minimum Gasteiger partial charge on any atom is -0.481 e. The number of fused-ring (bicyclic) bond motifs is 7. The van der Waals surface area contributed by atoms with E-state index in [-0.39, 0.29) is 5.97 Å². The van der Waals surface area contributed by atoms with Crippen molar-refractivity contribution in [3.8, 4) is 50.5 Å². The molecule has 0 fully saturated rings. The molecule has 6 nitrogen and oxygen atoms in total. The Morgan fingerprint density at radius 1 is 0.333 bits per heavy atom. The number of aldehydes is 2. The fourth-order valence-electron chi connectivity index (χ4n) is 15.7. The summed E-state index contributed by atoms with van der Waals surface area (Å²) in [5.41, 5.74) is 1.57. The van der Waals surface area contributed by atoms with Gasteiger partial charge in [0.05, 0.1) is 50.3 Å². The number of hydrogen-bond acceptors (Lipinski definition) is 12. The van der Waals surface area contributed by atoms with E-state index in [1.807, 2.05) is 46.1 Å². The van der Waals surface area contributed by atoms with Crippen molar-refractivity contribution in [1.82, 2.24) is 0 Å². The molecule has 0 spiro atoms. The highest BCUT2D eigenvalue weighted by Gasteiger charge is 2.45. The maximum atomic E-state index is 14.5. The third-order valence-electron chi connectivity index (χ3n) is 21.6.